The fourth-order valence-electron chi connectivity index (χ4n) is 2.12. The highest BCUT2D eigenvalue weighted by Crippen LogP contribution is 2.14. The summed E-state index contributed by atoms with van der Waals surface area (Å²) in [5.74, 6) is 1.19. The van der Waals surface area contributed by atoms with E-state index in [1.807, 2.05) is 18.3 Å². The Bertz CT molecular complexity index is 511. The van der Waals surface area contributed by atoms with Crippen LogP contribution < -0.4 is 0 Å². The molecular weight excluding hydrogens is 256 g/mol. The molecule has 0 aliphatic heterocycles. The number of aromatic nitrogens is 3. The molecule has 1 unspecified atom stereocenters. The summed E-state index contributed by atoms with van der Waals surface area (Å²) in [6, 6.07) is 3.98. The van der Waals surface area contributed by atoms with Gasteiger partial charge in [0, 0.05) is 25.0 Å². The molecule has 0 bridgehead atoms. The lowest BCUT2D eigenvalue weighted by molar-refractivity contribution is 0.0956. The van der Waals surface area contributed by atoms with Crippen LogP contribution in [0.15, 0.2) is 29.0 Å². The molecule has 0 fully saturated rings. The molecule has 6 heteroatoms. The molecule has 2 rings (SSSR count). The summed E-state index contributed by atoms with van der Waals surface area (Å²) in [4.78, 5) is 10.5. The molecule has 2 aromatic rings. The molecular formula is C14H20N4O2. The van der Waals surface area contributed by atoms with Crippen LogP contribution in [0.2, 0.25) is 0 Å². The number of nitrogens with zero attached hydrogens (tertiary/aromatic N) is 4. The highest BCUT2D eigenvalue weighted by Gasteiger charge is 2.19. The smallest absolute Gasteiger partial charge is 0.240 e. The molecule has 0 saturated carbocycles. The van der Waals surface area contributed by atoms with Gasteiger partial charge in [0.2, 0.25) is 5.89 Å². The van der Waals surface area contributed by atoms with Crippen molar-refractivity contribution in [2.24, 2.45) is 0 Å². The number of aliphatic hydroxyl groups excluding tert-OH is 1. The summed E-state index contributed by atoms with van der Waals surface area (Å²) in [7, 11) is 0. The third kappa shape index (κ3) is 3.85. The second-order valence-corrected chi connectivity index (χ2v) is 4.75. The van der Waals surface area contributed by atoms with Gasteiger partial charge in [0.15, 0.2) is 5.82 Å². The van der Waals surface area contributed by atoms with Crippen LogP contribution in [0.3, 0.4) is 0 Å². The Hall–Kier alpha value is -1.79. The van der Waals surface area contributed by atoms with Crippen LogP contribution in [0.25, 0.3) is 0 Å². The van der Waals surface area contributed by atoms with Crippen LogP contribution in [0.4, 0.5) is 0 Å². The lowest BCUT2D eigenvalue weighted by Gasteiger charge is -2.28. The first-order chi connectivity index (χ1) is 9.72. The molecule has 0 saturated heterocycles. The Morgan fingerprint density at radius 1 is 1.40 bits per heavy atom. The van der Waals surface area contributed by atoms with E-state index in [0.29, 0.717) is 24.8 Å². The molecule has 20 heavy (non-hydrogen) atoms. The number of hydrogen-bond acceptors (Lipinski definition) is 6. The van der Waals surface area contributed by atoms with Gasteiger partial charge in [0.1, 0.15) is 0 Å². The van der Waals surface area contributed by atoms with Crippen LogP contribution in [0.5, 0.6) is 0 Å². The van der Waals surface area contributed by atoms with E-state index in [1.54, 1.807) is 13.1 Å². The standard InChI is InChI=1S/C14H20N4O2/c1-3-13(10-19)18(8-12-5-4-6-15-7-12)9-14-16-11(2)17-20-14/h4-7,13,19H,3,8-10H2,1-2H3. The minimum absolute atomic E-state index is 0.0578. The number of pyridine rings is 1. The zero-order valence-electron chi connectivity index (χ0n) is 11.9. The van der Waals surface area contributed by atoms with E-state index in [0.717, 1.165) is 12.0 Å². The summed E-state index contributed by atoms with van der Waals surface area (Å²) < 4.78 is 5.17. The molecule has 0 aromatic carbocycles. The second-order valence-electron chi connectivity index (χ2n) is 4.75. The van der Waals surface area contributed by atoms with E-state index in [1.165, 1.54) is 0 Å². The normalized spacial score (nSPS) is 12.8. The van der Waals surface area contributed by atoms with Crippen molar-refractivity contribution in [2.45, 2.75) is 39.4 Å². The number of rotatable bonds is 7. The van der Waals surface area contributed by atoms with Crippen molar-refractivity contribution in [3.8, 4) is 0 Å². The molecule has 0 spiro atoms. The Balaban J connectivity index is 2.11. The minimum atomic E-state index is 0.0578. The van der Waals surface area contributed by atoms with Gasteiger partial charge < -0.3 is 9.63 Å². The van der Waals surface area contributed by atoms with Crippen molar-refractivity contribution in [1.82, 2.24) is 20.0 Å². The van der Waals surface area contributed by atoms with Crippen LogP contribution in [0, 0.1) is 6.92 Å². The average Bonchev–Trinajstić information content (AvgIpc) is 2.86. The molecule has 1 N–H and O–H groups in total. The maximum atomic E-state index is 9.53. The lowest BCUT2D eigenvalue weighted by Crippen LogP contribution is -2.36. The predicted molar refractivity (Wildman–Crippen MR) is 73.7 cm³/mol. The first-order valence-electron chi connectivity index (χ1n) is 6.76. The van der Waals surface area contributed by atoms with E-state index in [9.17, 15) is 5.11 Å². The van der Waals surface area contributed by atoms with Crippen LogP contribution in [-0.4, -0.2) is 37.8 Å². The monoisotopic (exact) mass is 276 g/mol. The lowest BCUT2D eigenvalue weighted by atomic mass is 10.1. The molecule has 0 amide bonds. The maximum Gasteiger partial charge on any atom is 0.240 e. The third-order valence-corrected chi connectivity index (χ3v) is 3.21. The van der Waals surface area contributed by atoms with Crippen LogP contribution in [0.1, 0.15) is 30.6 Å². The van der Waals surface area contributed by atoms with E-state index in [-0.39, 0.29) is 12.6 Å². The van der Waals surface area contributed by atoms with Gasteiger partial charge in [0.25, 0.3) is 0 Å². The van der Waals surface area contributed by atoms with Gasteiger partial charge >= 0.3 is 0 Å². The fraction of sp³-hybridized carbons (Fsp3) is 0.500. The molecule has 0 radical (unpaired) electrons. The van der Waals surface area contributed by atoms with E-state index in [4.69, 9.17) is 4.52 Å². The topological polar surface area (TPSA) is 75.3 Å². The first kappa shape index (κ1) is 14.6. The van der Waals surface area contributed by atoms with Crippen molar-refractivity contribution in [3.63, 3.8) is 0 Å². The maximum absolute atomic E-state index is 9.53. The van der Waals surface area contributed by atoms with E-state index in [2.05, 4.69) is 26.9 Å². The molecule has 108 valence electrons. The van der Waals surface area contributed by atoms with Gasteiger partial charge in [-0.1, -0.05) is 18.1 Å². The predicted octanol–water partition coefficient (Wildman–Crippen LogP) is 1.55. The van der Waals surface area contributed by atoms with Crippen molar-refractivity contribution in [3.05, 3.63) is 41.8 Å². The second kappa shape index (κ2) is 7.12. The Morgan fingerprint density at radius 3 is 2.80 bits per heavy atom. The van der Waals surface area contributed by atoms with Crippen molar-refractivity contribution < 1.29 is 9.63 Å². The Kier molecular flexibility index (Phi) is 5.20. The van der Waals surface area contributed by atoms with Crippen LogP contribution >= 0.6 is 0 Å². The summed E-state index contributed by atoms with van der Waals surface area (Å²) in [6.07, 6.45) is 4.43. The molecule has 1 atom stereocenters. The van der Waals surface area contributed by atoms with Crippen molar-refractivity contribution >= 4 is 0 Å². The minimum Gasteiger partial charge on any atom is -0.395 e. The summed E-state index contributed by atoms with van der Waals surface area (Å²) in [5.41, 5.74) is 1.09. The number of hydrogen-bond donors (Lipinski definition) is 1. The SMILES string of the molecule is CCC(CO)N(Cc1cccnc1)Cc1nc(C)no1. The van der Waals surface area contributed by atoms with Gasteiger partial charge in [-0.3, -0.25) is 9.88 Å². The van der Waals surface area contributed by atoms with Crippen molar-refractivity contribution in [1.29, 1.82) is 0 Å². The van der Waals surface area contributed by atoms with Crippen LogP contribution in [-0.2, 0) is 13.1 Å². The van der Waals surface area contributed by atoms with Gasteiger partial charge in [-0.25, -0.2) is 0 Å². The van der Waals surface area contributed by atoms with Gasteiger partial charge in [-0.2, -0.15) is 4.98 Å². The zero-order valence-corrected chi connectivity index (χ0v) is 11.9. The third-order valence-electron chi connectivity index (χ3n) is 3.21. The summed E-state index contributed by atoms with van der Waals surface area (Å²) in [5, 5.41) is 13.3. The van der Waals surface area contributed by atoms with Gasteiger partial charge in [0.05, 0.1) is 13.2 Å². The fourth-order valence-corrected chi connectivity index (χ4v) is 2.12. The largest absolute Gasteiger partial charge is 0.395 e. The van der Waals surface area contributed by atoms with Crippen molar-refractivity contribution in [2.75, 3.05) is 6.61 Å². The summed E-state index contributed by atoms with van der Waals surface area (Å²) >= 11 is 0. The average molecular weight is 276 g/mol. The Morgan fingerprint density at radius 2 is 2.25 bits per heavy atom. The zero-order chi connectivity index (χ0) is 14.4. The van der Waals surface area contributed by atoms with Gasteiger partial charge in [-0.05, 0) is 25.0 Å². The van der Waals surface area contributed by atoms with Gasteiger partial charge in [-0.15, -0.1) is 0 Å². The number of aliphatic hydroxyl groups is 1. The molecule has 2 aromatic heterocycles. The highest BCUT2D eigenvalue weighted by atomic mass is 16.5. The quantitative estimate of drug-likeness (QED) is 0.827. The first-order valence-corrected chi connectivity index (χ1v) is 6.76. The number of aryl methyl sites for hydroxylation is 1. The van der Waals surface area contributed by atoms with E-state index < -0.39 is 0 Å². The summed E-state index contributed by atoms with van der Waals surface area (Å²) in [6.45, 7) is 5.16. The molecule has 2 heterocycles. The molecule has 0 aliphatic rings. The van der Waals surface area contributed by atoms with E-state index >= 15 is 0 Å². The highest BCUT2D eigenvalue weighted by molar-refractivity contribution is 5.08. The molecule has 0 aliphatic carbocycles. The Labute approximate surface area is 118 Å². The molecule has 6 nitrogen and oxygen atoms in total.